The van der Waals surface area contributed by atoms with Crippen LogP contribution < -0.4 is 15.9 Å². The maximum atomic E-state index is 12.8. The van der Waals surface area contributed by atoms with Crippen molar-refractivity contribution in [2.45, 2.75) is 10.6 Å². The fourth-order valence-corrected chi connectivity index (χ4v) is 3.72. The lowest BCUT2D eigenvalue weighted by Gasteiger charge is -2.06. The molecule has 168 valence electrons. The highest BCUT2D eigenvalue weighted by Gasteiger charge is 2.24. The van der Waals surface area contributed by atoms with Crippen LogP contribution in [0, 0.1) is 0 Å². The van der Waals surface area contributed by atoms with Gasteiger partial charge in [0, 0.05) is 15.7 Å². The Morgan fingerprint density at radius 3 is 2.67 bits per heavy atom. The summed E-state index contributed by atoms with van der Waals surface area (Å²) in [5, 5.41) is 20.0. The third kappa shape index (κ3) is 5.30. The van der Waals surface area contributed by atoms with Gasteiger partial charge in [0.15, 0.2) is 5.69 Å². The highest BCUT2D eigenvalue weighted by molar-refractivity contribution is 7.98. The number of anilines is 1. The molecule has 0 saturated carbocycles. The molecule has 11 nitrogen and oxygen atoms in total. The van der Waals surface area contributed by atoms with Crippen LogP contribution in [-0.4, -0.2) is 44.5 Å². The van der Waals surface area contributed by atoms with Crippen molar-refractivity contribution in [2.75, 3.05) is 12.8 Å². The number of nitrogen functional groups attached to an aromatic ring is 1. The summed E-state index contributed by atoms with van der Waals surface area (Å²) in [5.74, 6) is 0.647. The van der Waals surface area contributed by atoms with Crippen LogP contribution >= 0.6 is 23.4 Å². The number of hydrogen-bond donors (Lipinski definition) is 2. The number of ether oxygens (including phenoxy) is 1. The van der Waals surface area contributed by atoms with Crippen LogP contribution in [0.1, 0.15) is 21.7 Å². The van der Waals surface area contributed by atoms with Gasteiger partial charge in [-0.15, -0.1) is 16.9 Å². The quantitative estimate of drug-likeness (QED) is 0.219. The van der Waals surface area contributed by atoms with Gasteiger partial charge in [0.25, 0.3) is 5.91 Å². The van der Waals surface area contributed by atoms with Crippen molar-refractivity contribution in [1.29, 1.82) is 0 Å². The molecular formula is C20H17ClN8O3S. The molecule has 0 aliphatic heterocycles. The van der Waals surface area contributed by atoms with Crippen LogP contribution in [-0.2, 0) is 5.75 Å². The second kappa shape index (κ2) is 10.1. The van der Waals surface area contributed by atoms with Crippen LogP contribution in [0.5, 0.6) is 5.75 Å². The van der Waals surface area contributed by atoms with Gasteiger partial charge in [-0.1, -0.05) is 16.8 Å². The lowest BCUT2D eigenvalue weighted by molar-refractivity contribution is 0.0949. The molecular weight excluding hydrogens is 468 g/mol. The fraction of sp³-hybridized carbons (Fsp3) is 0.100. The molecule has 1 amide bonds. The van der Waals surface area contributed by atoms with E-state index in [1.165, 1.54) is 22.7 Å². The number of nitrogens with one attached hydrogen (secondary N) is 1. The summed E-state index contributed by atoms with van der Waals surface area (Å²) >= 11 is 7.40. The number of carbonyl (C=O) groups excluding carboxylic acids is 1. The normalized spacial score (nSPS) is 11.1. The molecule has 33 heavy (non-hydrogen) atoms. The molecule has 0 aliphatic rings. The molecule has 0 aliphatic carbocycles. The maximum absolute atomic E-state index is 12.8. The molecule has 13 heteroatoms. The van der Waals surface area contributed by atoms with E-state index in [1.807, 2.05) is 12.1 Å². The fourth-order valence-electron chi connectivity index (χ4n) is 2.71. The van der Waals surface area contributed by atoms with E-state index in [0.29, 0.717) is 16.5 Å². The first-order valence-electron chi connectivity index (χ1n) is 9.44. The van der Waals surface area contributed by atoms with E-state index < -0.39 is 5.91 Å². The van der Waals surface area contributed by atoms with Crippen LogP contribution in [0.3, 0.4) is 0 Å². The molecule has 0 spiro atoms. The lowest BCUT2D eigenvalue weighted by Crippen LogP contribution is -2.20. The number of benzene rings is 2. The van der Waals surface area contributed by atoms with Crippen LogP contribution in [0.4, 0.5) is 5.82 Å². The number of aromatic nitrogens is 5. The first-order chi connectivity index (χ1) is 16.0. The van der Waals surface area contributed by atoms with Gasteiger partial charge in [0.05, 0.1) is 19.0 Å². The van der Waals surface area contributed by atoms with Gasteiger partial charge in [-0.2, -0.15) is 9.78 Å². The number of amides is 1. The zero-order chi connectivity index (χ0) is 23.2. The van der Waals surface area contributed by atoms with Crippen LogP contribution in [0.15, 0.2) is 63.2 Å². The Morgan fingerprint density at radius 1 is 1.24 bits per heavy atom. The highest BCUT2D eigenvalue weighted by atomic mass is 35.5. The second-order valence-electron chi connectivity index (χ2n) is 6.48. The molecule has 2 heterocycles. The largest absolute Gasteiger partial charge is 0.497 e. The average Bonchev–Trinajstić information content (AvgIpc) is 3.44. The van der Waals surface area contributed by atoms with Gasteiger partial charge in [-0.3, -0.25) is 4.79 Å². The number of nitrogens with zero attached hydrogens (tertiary/aromatic N) is 6. The van der Waals surface area contributed by atoms with Crippen LogP contribution in [0.25, 0.3) is 5.82 Å². The summed E-state index contributed by atoms with van der Waals surface area (Å²) in [7, 11) is 1.59. The van der Waals surface area contributed by atoms with E-state index in [-0.39, 0.29) is 17.3 Å². The summed E-state index contributed by atoms with van der Waals surface area (Å²) in [6, 6.07) is 14.5. The van der Waals surface area contributed by atoms with Gasteiger partial charge >= 0.3 is 0 Å². The molecule has 2 aromatic heterocycles. The minimum atomic E-state index is -0.548. The number of carbonyl (C=O) groups is 1. The summed E-state index contributed by atoms with van der Waals surface area (Å²) in [5.41, 5.74) is 9.54. The Balaban J connectivity index is 1.55. The van der Waals surface area contributed by atoms with E-state index in [2.05, 4.69) is 35.8 Å². The minimum Gasteiger partial charge on any atom is -0.497 e. The average molecular weight is 485 g/mol. The first kappa shape index (κ1) is 22.3. The lowest BCUT2D eigenvalue weighted by atomic mass is 10.2. The highest BCUT2D eigenvalue weighted by Crippen LogP contribution is 2.27. The molecule has 4 rings (SSSR count). The van der Waals surface area contributed by atoms with Crippen molar-refractivity contribution >= 4 is 41.3 Å². The zero-order valence-corrected chi connectivity index (χ0v) is 18.7. The monoisotopic (exact) mass is 484 g/mol. The van der Waals surface area contributed by atoms with Gasteiger partial charge in [0.1, 0.15) is 5.75 Å². The van der Waals surface area contributed by atoms with E-state index in [1.54, 1.807) is 43.5 Å². The van der Waals surface area contributed by atoms with Crippen molar-refractivity contribution in [2.24, 2.45) is 5.10 Å². The second-order valence-corrected chi connectivity index (χ2v) is 7.97. The van der Waals surface area contributed by atoms with E-state index in [9.17, 15) is 4.79 Å². The van der Waals surface area contributed by atoms with E-state index in [4.69, 9.17) is 22.1 Å². The molecule has 0 fully saturated rings. The van der Waals surface area contributed by atoms with Crippen molar-refractivity contribution in [3.63, 3.8) is 0 Å². The summed E-state index contributed by atoms with van der Waals surface area (Å²) in [6.45, 7) is 0. The predicted octanol–water partition coefficient (Wildman–Crippen LogP) is 2.95. The molecule has 0 saturated heterocycles. The number of halogens is 1. The SMILES string of the molecule is COc1ccc(/C=N\NC(=O)c2nnn(-c3nonc3N)c2CSc2ccc(Cl)cc2)cc1. The van der Waals surface area contributed by atoms with Crippen molar-refractivity contribution in [3.8, 4) is 11.6 Å². The topological polar surface area (TPSA) is 146 Å². The Bertz CT molecular complexity index is 1270. The van der Waals surface area contributed by atoms with Crippen molar-refractivity contribution in [3.05, 3.63) is 70.5 Å². The predicted molar refractivity (Wildman–Crippen MR) is 123 cm³/mol. The molecule has 3 N–H and O–H groups in total. The minimum absolute atomic E-state index is 0.0159. The smallest absolute Gasteiger partial charge is 0.293 e. The molecule has 0 unspecified atom stereocenters. The third-order valence-electron chi connectivity index (χ3n) is 4.36. The molecule has 2 aromatic carbocycles. The number of methoxy groups -OCH3 is 1. The number of nitrogens with two attached hydrogens (primary N) is 1. The van der Waals surface area contributed by atoms with E-state index in [0.717, 1.165) is 16.2 Å². The summed E-state index contributed by atoms with van der Waals surface area (Å²) in [6.07, 6.45) is 1.50. The summed E-state index contributed by atoms with van der Waals surface area (Å²) in [4.78, 5) is 13.7. The molecule has 0 atom stereocenters. The maximum Gasteiger partial charge on any atom is 0.293 e. The number of thioether (sulfide) groups is 1. The Kier molecular flexibility index (Phi) is 6.86. The van der Waals surface area contributed by atoms with Gasteiger partial charge in [0.2, 0.25) is 11.6 Å². The Hall–Kier alpha value is -3.90. The van der Waals surface area contributed by atoms with Crippen LogP contribution in [0.2, 0.25) is 5.02 Å². The van der Waals surface area contributed by atoms with E-state index >= 15 is 0 Å². The summed E-state index contributed by atoms with van der Waals surface area (Å²) < 4.78 is 11.1. The Morgan fingerprint density at radius 2 is 2.00 bits per heavy atom. The van der Waals surface area contributed by atoms with Gasteiger partial charge in [-0.25, -0.2) is 10.1 Å². The number of hydrazone groups is 1. The standard InChI is InChI=1S/C20H17ClN8O3S/c1-31-14-6-2-12(3-7-14)10-23-25-20(30)17-16(11-33-15-8-4-13(21)5-9-15)29(28-24-17)19-18(22)26-32-27-19/h2-10H,11H2,1H3,(H2,22,26)(H,25,30)/b23-10-. The zero-order valence-electron chi connectivity index (χ0n) is 17.2. The molecule has 4 aromatic rings. The number of hydrogen-bond acceptors (Lipinski definition) is 10. The van der Waals surface area contributed by atoms with Gasteiger partial charge < -0.3 is 10.5 Å². The number of rotatable bonds is 8. The third-order valence-corrected chi connectivity index (χ3v) is 5.63. The Labute approximate surface area is 196 Å². The molecule has 0 bridgehead atoms. The molecule has 0 radical (unpaired) electrons. The van der Waals surface area contributed by atoms with Crippen molar-refractivity contribution in [1.82, 2.24) is 30.7 Å². The first-order valence-corrected chi connectivity index (χ1v) is 10.8. The van der Waals surface area contributed by atoms with Gasteiger partial charge in [-0.05, 0) is 64.4 Å². The van der Waals surface area contributed by atoms with Crippen molar-refractivity contribution < 1.29 is 14.2 Å².